The summed E-state index contributed by atoms with van der Waals surface area (Å²) >= 11 is 0. The van der Waals surface area contributed by atoms with Crippen LogP contribution in [0.1, 0.15) is 20.3 Å². The van der Waals surface area contributed by atoms with Crippen LogP contribution in [0.15, 0.2) is 12.2 Å². The van der Waals surface area contributed by atoms with Gasteiger partial charge >= 0.3 is 12.1 Å². The monoisotopic (exact) mass is 201 g/mol. The van der Waals surface area contributed by atoms with Crippen LogP contribution in [0.2, 0.25) is 0 Å². The lowest BCUT2D eigenvalue weighted by Gasteiger charge is -2.11. The van der Waals surface area contributed by atoms with E-state index < -0.39 is 12.1 Å². The second-order valence-electron chi connectivity index (χ2n) is 2.95. The van der Waals surface area contributed by atoms with Crippen LogP contribution in [0.4, 0.5) is 4.79 Å². The van der Waals surface area contributed by atoms with Gasteiger partial charge in [0, 0.05) is 12.0 Å². The zero-order valence-electron chi connectivity index (χ0n) is 8.41. The Kier molecular flexibility index (Phi) is 5.36. The summed E-state index contributed by atoms with van der Waals surface area (Å²) in [5.41, 5.74) is 5.13. The molecular formula is C9H15NO4. The molecule has 0 aliphatic heterocycles. The summed E-state index contributed by atoms with van der Waals surface area (Å²) in [7, 11) is 0. The maximum absolute atomic E-state index is 10.9. The molecule has 0 bridgehead atoms. The van der Waals surface area contributed by atoms with Gasteiger partial charge in [-0.2, -0.15) is 0 Å². The Bertz CT molecular complexity index is 237. The van der Waals surface area contributed by atoms with Gasteiger partial charge in [0.25, 0.3) is 0 Å². The van der Waals surface area contributed by atoms with Crippen molar-refractivity contribution in [3.63, 3.8) is 0 Å². The topological polar surface area (TPSA) is 78.6 Å². The summed E-state index contributed by atoms with van der Waals surface area (Å²) in [6, 6.07) is 0. The third-order valence-electron chi connectivity index (χ3n) is 1.42. The summed E-state index contributed by atoms with van der Waals surface area (Å²) in [6.45, 7) is 6.83. The lowest BCUT2D eigenvalue weighted by molar-refractivity contribution is -0.139. The second kappa shape index (κ2) is 6.01. The number of primary amides is 1. The molecule has 0 spiro atoms. The number of amides is 1. The van der Waals surface area contributed by atoms with Gasteiger partial charge in [-0.15, -0.1) is 0 Å². The van der Waals surface area contributed by atoms with Gasteiger partial charge in [-0.3, -0.25) is 0 Å². The normalized spacial score (nSPS) is 11.6. The average Bonchev–Trinajstić information content (AvgIpc) is 2.02. The van der Waals surface area contributed by atoms with Gasteiger partial charge in [-0.1, -0.05) is 6.58 Å². The van der Waals surface area contributed by atoms with Crippen molar-refractivity contribution in [2.24, 2.45) is 5.73 Å². The van der Waals surface area contributed by atoms with E-state index in [1.807, 2.05) is 0 Å². The second-order valence-corrected chi connectivity index (χ2v) is 2.95. The van der Waals surface area contributed by atoms with Crippen molar-refractivity contribution in [3.8, 4) is 0 Å². The van der Waals surface area contributed by atoms with E-state index in [1.54, 1.807) is 13.8 Å². The number of hydrogen-bond acceptors (Lipinski definition) is 4. The number of hydrogen-bond donors (Lipinski definition) is 1. The molecule has 14 heavy (non-hydrogen) atoms. The number of carbonyl (C=O) groups excluding carboxylic acids is 2. The van der Waals surface area contributed by atoms with E-state index in [4.69, 9.17) is 10.5 Å². The fraction of sp³-hybridized carbons (Fsp3) is 0.556. The minimum absolute atomic E-state index is 0.181. The number of nitrogens with two attached hydrogens (primary N) is 1. The first-order valence-electron chi connectivity index (χ1n) is 4.22. The molecule has 5 heteroatoms. The molecule has 0 radical (unpaired) electrons. The van der Waals surface area contributed by atoms with E-state index in [0.29, 0.717) is 12.0 Å². The highest BCUT2D eigenvalue weighted by Crippen LogP contribution is 1.99. The maximum Gasteiger partial charge on any atom is 0.404 e. The van der Waals surface area contributed by atoms with Crippen molar-refractivity contribution in [2.45, 2.75) is 26.4 Å². The molecule has 80 valence electrons. The van der Waals surface area contributed by atoms with Gasteiger partial charge in [-0.05, 0) is 13.8 Å². The first-order chi connectivity index (χ1) is 6.43. The van der Waals surface area contributed by atoms with Crippen LogP contribution in [0.3, 0.4) is 0 Å². The summed E-state index contributed by atoms with van der Waals surface area (Å²) in [5, 5.41) is 0. The Morgan fingerprint density at radius 2 is 2.07 bits per heavy atom. The van der Waals surface area contributed by atoms with Crippen molar-refractivity contribution in [1.82, 2.24) is 0 Å². The van der Waals surface area contributed by atoms with Crippen molar-refractivity contribution in [3.05, 3.63) is 12.2 Å². The minimum atomic E-state index is -0.830. The Balaban J connectivity index is 3.59. The molecule has 0 fully saturated rings. The van der Waals surface area contributed by atoms with Crippen LogP contribution in [0, 0.1) is 0 Å². The average molecular weight is 201 g/mol. The molecule has 1 amide bonds. The number of carbonyl (C=O) groups is 2. The summed E-state index contributed by atoms with van der Waals surface area (Å²) in [6.07, 6.45) is -0.767. The lowest BCUT2D eigenvalue weighted by Crippen LogP contribution is -2.22. The molecule has 0 rings (SSSR count). The van der Waals surface area contributed by atoms with Crippen LogP contribution >= 0.6 is 0 Å². The van der Waals surface area contributed by atoms with Gasteiger partial charge in [0.2, 0.25) is 0 Å². The van der Waals surface area contributed by atoms with E-state index in [0.717, 1.165) is 0 Å². The van der Waals surface area contributed by atoms with Gasteiger partial charge in [0.1, 0.15) is 6.10 Å². The Hall–Kier alpha value is -1.52. The number of rotatable bonds is 5. The molecule has 0 aromatic heterocycles. The standard InChI is InChI=1S/C9H15NO4/c1-6(2)8(11)13-5-4-7(3)14-9(10)12/h7H,1,4-5H2,2-3H3,(H2,10,12). The van der Waals surface area contributed by atoms with Gasteiger partial charge in [0.15, 0.2) is 0 Å². The molecular weight excluding hydrogens is 186 g/mol. The maximum atomic E-state index is 10.9. The third-order valence-corrected chi connectivity index (χ3v) is 1.42. The fourth-order valence-electron chi connectivity index (χ4n) is 0.698. The molecule has 0 aromatic carbocycles. The number of esters is 1. The van der Waals surface area contributed by atoms with Gasteiger partial charge in [0.05, 0.1) is 6.61 Å². The number of ether oxygens (including phenoxy) is 2. The molecule has 0 saturated carbocycles. The van der Waals surface area contributed by atoms with E-state index in [2.05, 4.69) is 11.3 Å². The predicted molar refractivity (Wildman–Crippen MR) is 50.5 cm³/mol. The lowest BCUT2D eigenvalue weighted by atomic mass is 10.3. The molecule has 2 N–H and O–H groups in total. The quantitative estimate of drug-likeness (QED) is 0.531. The van der Waals surface area contributed by atoms with Gasteiger partial charge < -0.3 is 15.2 Å². The molecule has 0 aliphatic rings. The Labute approximate surface area is 82.9 Å². The van der Waals surface area contributed by atoms with Crippen LogP contribution in [0.25, 0.3) is 0 Å². The highest BCUT2D eigenvalue weighted by atomic mass is 16.6. The first-order valence-corrected chi connectivity index (χ1v) is 4.22. The third kappa shape index (κ3) is 6.05. The molecule has 0 saturated heterocycles. The zero-order valence-corrected chi connectivity index (χ0v) is 8.41. The summed E-state index contributed by atoms with van der Waals surface area (Å²) in [5.74, 6) is -0.448. The Morgan fingerprint density at radius 1 is 1.50 bits per heavy atom. The van der Waals surface area contributed by atoms with E-state index in [9.17, 15) is 9.59 Å². The Morgan fingerprint density at radius 3 is 2.50 bits per heavy atom. The van der Waals surface area contributed by atoms with Gasteiger partial charge in [-0.25, -0.2) is 9.59 Å². The van der Waals surface area contributed by atoms with Crippen LogP contribution < -0.4 is 5.73 Å². The van der Waals surface area contributed by atoms with E-state index in [1.165, 1.54) is 0 Å². The van der Waals surface area contributed by atoms with E-state index >= 15 is 0 Å². The van der Waals surface area contributed by atoms with Crippen LogP contribution in [-0.4, -0.2) is 24.8 Å². The highest BCUT2D eigenvalue weighted by molar-refractivity contribution is 5.86. The van der Waals surface area contributed by atoms with Crippen LogP contribution in [-0.2, 0) is 14.3 Å². The molecule has 5 nitrogen and oxygen atoms in total. The van der Waals surface area contributed by atoms with Crippen LogP contribution in [0.5, 0.6) is 0 Å². The minimum Gasteiger partial charge on any atom is -0.462 e. The van der Waals surface area contributed by atoms with Crippen molar-refractivity contribution >= 4 is 12.1 Å². The van der Waals surface area contributed by atoms with Crippen molar-refractivity contribution in [1.29, 1.82) is 0 Å². The first kappa shape index (κ1) is 12.5. The predicted octanol–water partition coefficient (Wildman–Crippen LogP) is 0.980. The summed E-state index contributed by atoms with van der Waals surface area (Å²) < 4.78 is 9.40. The molecule has 0 aromatic rings. The zero-order chi connectivity index (χ0) is 11.1. The highest BCUT2D eigenvalue weighted by Gasteiger charge is 2.08. The molecule has 0 heterocycles. The van der Waals surface area contributed by atoms with E-state index in [-0.39, 0.29) is 12.7 Å². The summed E-state index contributed by atoms with van der Waals surface area (Å²) in [4.78, 5) is 21.2. The van der Waals surface area contributed by atoms with Crippen molar-refractivity contribution in [2.75, 3.05) is 6.61 Å². The van der Waals surface area contributed by atoms with Crippen molar-refractivity contribution < 1.29 is 19.1 Å². The molecule has 1 unspecified atom stereocenters. The smallest absolute Gasteiger partial charge is 0.404 e. The SMILES string of the molecule is C=C(C)C(=O)OCCC(C)OC(N)=O. The largest absolute Gasteiger partial charge is 0.462 e. The fourth-order valence-corrected chi connectivity index (χ4v) is 0.698. The molecule has 1 atom stereocenters. The molecule has 0 aliphatic carbocycles.